The molecule has 6 unspecified atom stereocenters. The maximum atomic E-state index is 15.0. The number of halogens is 1. The van der Waals surface area contributed by atoms with Crippen molar-refractivity contribution in [3.05, 3.63) is 101 Å². The molecule has 0 bridgehead atoms. The molecule has 0 aromatic heterocycles. The average Bonchev–Trinajstić information content (AvgIpc) is 3.41. The first-order valence-electron chi connectivity index (χ1n) is 13.9. The molecule has 42 heavy (non-hydrogen) atoms. The van der Waals surface area contributed by atoms with Gasteiger partial charge in [0, 0.05) is 16.5 Å². The quantitative estimate of drug-likeness (QED) is 0.346. The topological polar surface area (TPSA) is 113 Å². The molecule has 3 aromatic rings. The number of rotatable bonds is 4. The first-order chi connectivity index (χ1) is 20.3. The van der Waals surface area contributed by atoms with Crippen LogP contribution in [0.25, 0.3) is 0 Å². The van der Waals surface area contributed by atoms with Crippen molar-refractivity contribution in [1.29, 1.82) is 0 Å². The van der Waals surface area contributed by atoms with Crippen LogP contribution in [0.1, 0.15) is 29.9 Å². The van der Waals surface area contributed by atoms with Crippen LogP contribution in [0.5, 0.6) is 11.5 Å². The lowest BCUT2D eigenvalue weighted by Gasteiger charge is -2.50. The third-order valence-electron chi connectivity index (χ3n) is 9.56. The summed E-state index contributed by atoms with van der Waals surface area (Å²) in [4.78, 5) is 56.7. The number of aromatic hydroxyl groups is 1. The third kappa shape index (κ3) is 3.54. The Morgan fingerprint density at radius 2 is 1.74 bits per heavy atom. The molecule has 1 saturated carbocycles. The molecular formula is C33H27ClN2O6. The van der Waals surface area contributed by atoms with E-state index in [-0.39, 0.29) is 24.0 Å². The molecule has 2 aliphatic heterocycles. The molecule has 212 valence electrons. The molecule has 2 aliphatic carbocycles. The van der Waals surface area contributed by atoms with Crippen LogP contribution in [-0.4, -0.2) is 35.8 Å². The predicted octanol–water partition coefficient (Wildman–Crippen LogP) is 4.50. The summed E-state index contributed by atoms with van der Waals surface area (Å²) in [5.41, 5.74) is 0.687. The molecule has 2 saturated heterocycles. The van der Waals surface area contributed by atoms with Gasteiger partial charge in [0.15, 0.2) is 0 Å². The van der Waals surface area contributed by atoms with Gasteiger partial charge in [-0.05, 0) is 60.7 Å². The second-order valence-corrected chi connectivity index (χ2v) is 11.8. The van der Waals surface area contributed by atoms with Gasteiger partial charge in [-0.2, -0.15) is 0 Å². The smallest absolute Gasteiger partial charge is 0.246 e. The number of phenols is 1. The lowest BCUT2D eigenvalue weighted by atomic mass is 9.49. The van der Waals surface area contributed by atoms with E-state index in [2.05, 4.69) is 5.32 Å². The van der Waals surface area contributed by atoms with Crippen LogP contribution in [0.3, 0.4) is 0 Å². The van der Waals surface area contributed by atoms with Gasteiger partial charge in [-0.25, -0.2) is 4.90 Å². The summed E-state index contributed by atoms with van der Waals surface area (Å²) < 4.78 is 5.52. The highest BCUT2D eigenvalue weighted by Gasteiger charge is 2.70. The molecule has 2 N–H and O–H groups in total. The van der Waals surface area contributed by atoms with Gasteiger partial charge in [0.2, 0.25) is 23.6 Å². The zero-order chi connectivity index (χ0) is 29.3. The molecule has 0 radical (unpaired) electrons. The van der Waals surface area contributed by atoms with E-state index >= 15 is 4.79 Å². The van der Waals surface area contributed by atoms with Crippen molar-refractivity contribution in [1.82, 2.24) is 5.32 Å². The monoisotopic (exact) mass is 582 g/mol. The maximum absolute atomic E-state index is 15.0. The number of hydrogen-bond acceptors (Lipinski definition) is 6. The Hall–Kier alpha value is -4.43. The number of carbonyl (C=O) groups is 4. The molecule has 3 fully saturated rings. The molecular weight excluding hydrogens is 556 g/mol. The molecule has 6 atom stereocenters. The van der Waals surface area contributed by atoms with Gasteiger partial charge in [0.25, 0.3) is 0 Å². The standard InChI is InChI=1S/C33H27ClN2O6/c1-42-20-10-13-26(37)24(15-20)28-21-11-12-22-27(30(39)35-29(22)38)23(21)16-25-31(40)36(19-9-5-8-18(34)14-19)32(41)33(25,28)17-6-3-2-4-7-17/h2-11,13-15,22-23,25,27-28,37H,12,16H2,1H3,(H,35,38,39). The maximum Gasteiger partial charge on any atom is 0.246 e. The van der Waals surface area contributed by atoms with E-state index in [1.54, 1.807) is 36.4 Å². The molecule has 9 heteroatoms. The number of phenolic OH excluding ortho intramolecular Hbond substituents is 1. The number of amides is 4. The summed E-state index contributed by atoms with van der Waals surface area (Å²) in [6.07, 6.45) is 2.44. The number of anilines is 1. The Balaban J connectivity index is 1.54. The van der Waals surface area contributed by atoms with Crippen molar-refractivity contribution in [2.24, 2.45) is 23.7 Å². The lowest BCUT2D eigenvalue weighted by molar-refractivity contribution is -0.128. The van der Waals surface area contributed by atoms with Gasteiger partial charge in [-0.1, -0.05) is 59.6 Å². The van der Waals surface area contributed by atoms with Gasteiger partial charge in [0.05, 0.1) is 36.0 Å². The van der Waals surface area contributed by atoms with Crippen molar-refractivity contribution in [3.8, 4) is 11.5 Å². The number of imide groups is 2. The van der Waals surface area contributed by atoms with E-state index in [4.69, 9.17) is 16.3 Å². The Morgan fingerprint density at radius 1 is 0.952 bits per heavy atom. The number of nitrogens with zero attached hydrogens (tertiary/aromatic N) is 1. The number of allylic oxidation sites excluding steroid dienone is 2. The van der Waals surface area contributed by atoms with Gasteiger partial charge >= 0.3 is 0 Å². The molecule has 3 aromatic carbocycles. The molecule has 8 nitrogen and oxygen atoms in total. The fraction of sp³-hybridized carbons (Fsp3) is 0.273. The van der Waals surface area contributed by atoms with Crippen LogP contribution in [0.2, 0.25) is 5.02 Å². The molecule has 4 aliphatic rings. The summed E-state index contributed by atoms with van der Waals surface area (Å²) in [7, 11) is 1.51. The SMILES string of the molecule is COc1ccc(O)c(C2C3=CCC4C(=O)NC(=O)C4C3CC3C(=O)N(c4cccc(Cl)c4)C(=O)C32c2ccccc2)c1. The highest BCUT2D eigenvalue weighted by molar-refractivity contribution is 6.32. The van der Waals surface area contributed by atoms with E-state index in [1.165, 1.54) is 18.1 Å². The minimum atomic E-state index is -1.46. The minimum absolute atomic E-state index is 0.0630. The number of ether oxygens (including phenoxy) is 1. The van der Waals surface area contributed by atoms with E-state index < -0.39 is 46.8 Å². The van der Waals surface area contributed by atoms with Crippen molar-refractivity contribution in [3.63, 3.8) is 0 Å². The number of methoxy groups -OCH3 is 1. The summed E-state index contributed by atoms with van der Waals surface area (Å²) in [5.74, 6) is -4.59. The molecule has 7 rings (SSSR count). The summed E-state index contributed by atoms with van der Waals surface area (Å²) in [6.45, 7) is 0. The normalized spacial score (nSPS) is 29.9. The van der Waals surface area contributed by atoms with Crippen molar-refractivity contribution >= 4 is 40.9 Å². The zero-order valence-electron chi connectivity index (χ0n) is 22.6. The number of benzene rings is 3. The van der Waals surface area contributed by atoms with E-state index in [0.29, 0.717) is 34.0 Å². The van der Waals surface area contributed by atoms with Crippen LogP contribution in [0, 0.1) is 23.7 Å². The Labute approximate surface area is 246 Å². The predicted molar refractivity (Wildman–Crippen MR) is 154 cm³/mol. The van der Waals surface area contributed by atoms with Crippen molar-refractivity contribution < 1.29 is 29.0 Å². The Kier molecular flexibility index (Phi) is 6.02. The fourth-order valence-electron chi connectivity index (χ4n) is 7.89. The Morgan fingerprint density at radius 3 is 2.48 bits per heavy atom. The van der Waals surface area contributed by atoms with E-state index in [0.717, 1.165) is 5.57 Å². The van der Waals surface area contributed by atoms with Gasteiger partial charge in [-0.15, -0.1) is 0 Å². The molecule has 4 amide bonds. The summed E-state index contributed by atoms with van der Waals surface area (Å²) >= 11 is 6.31. The summed E-state index contributed by atoms with van der Waals surface area (Å²) in [5, 5.41) is 14.2. The second-order valence-electron chi connectivity index (χ2n) is 11.4. The van der Waals surface area contributed by atoms with Crippen LogP contribution in [-0.2, 0) is 24.6 Å². The van der Waals surface area contributed by atoms with Crippen LogP contribution in [0.15, 0.2) is 84.4 Å². The van der Waals surface area contributed by atoms with Crippen LogP contribution in [0.4, 0.5) is 5.69 Å². The minimum Gasteiger partial charge on any atom is -0.508 e. The van der Waals surface area contributed by atoms with E-state index in [1.807, 2.05) is 36.4 Å². The average molecular weight is 583 g/mol. The zero-order valence-corrected chi connectivity index (χ0v) is 23.4. The number of fused-ring (bicyclic) bond motifs is 4. The highest BCUT2D eigenvalue weighted by atomic mass is 35.5. The Bertz CT molecular complexity index is 1700. The number of nitrogens with one attached hydrogen (secondary N) is 1. The van der Waals surface area contributed by atoms with Gasteiger partial charge in [0.1, 0.15) is 11.5 Å². The molecule has 0 spiro atoms. The number of carbonyl (C=O) groups excluding carboxylic acids is 4. The van der Waals surface area contributed by atoms with Crippen LogP contribution < -0.4 is 15.0 Å². The number of hydrogen-bond donors (Lipinski definition) is 2. The largest absolute Gasteiger partial charge is 0.508 e. The van der Waals surface area contributed by atoms with Crippen molar-refractivity contribution in [2.45, 2.75) is 24.2 Å². The van der Waals surface area contributed by atoms with Gasteiger partial charge < -0.3 is 9.84 Å². The first kappa shape index (κ1) is 26.5. The third-order valence-corrected chi connectivity index (χ3v) is 9.79. The molecule has 2 heterocycles. The van der Waals surface area contributed by atoms with Crippen LogP contribution >= 0.6 is 11.6 Å². The summed E-state index contributed by atoms with van der Waals surface area (Å²) in [6, 6.07) is 20.6. The highest BCUT2D eigenvalue weighted by Crippen LogP contribution is 2.65. The lowest BCUT2D eigenvalue weighted by Crippen LogP contribution is -2.53. The first-order valence-corrected chi connectivity index (χ1v) is 14.3. The van der Waals surface area contributed by atoms with Crippen molar-refractivity contribution in [2.75, 3.05) is 12.0 Å². The second kappa shape index (κ2) is 9.56. The fourth-order valence-corrected chi connectivity index (χ4v) is 8.07. The van der Waals surface area contributed by atoms with Gasteiger partial charge in [-0.3, -0.25) is 24.5 Å². The van der Waals surface area contributed by atoms with E-state index in [9.17, 15) is 19.5 Å².